The molecule has 0 aliphatic rings. The Labute approximate surface area is 78.2 Å². The minimum Gasteiger partial charge on any atom is -0.385 e. The van der Waals surface area contributed by atoms with Crippen molar-refractivity contribution in [2.45, 2.75) is 10.9 Å². The minimum absolute atomic E-state index is 0.165. The predicted octanol–water partition coefficient (Wildman–Crippen LogP) is 0.571. The van der Waals surface area contributed by atoms with E-state index in [1.807, 2.05) is 0 Å². The zero-order chi connectivity index (χ0) is 9.61. The van der Waals surface area contributed by atoms with E-state index in [4.69, 9.17) is 5.11 Å². The average molecular weight is 248 g/mol. The number of aliphatic hydroxyl groups excluding tert-OH is 1. The van der Waals surface area contributed by atoms with Crippen molar-refractivity contribution in [3.63, 3.8) is 0 Å². The molecule has 0 saturated heterocycles. The van der Waals surface area contributed by atoms with E-state index < -0.39 is 10.9 Å². The Hall–Kier alpha value is 0.220. The van der Waals surface area contributed by atoms with E-state index in [1.54, 1.807) is 0 Å². The van der Waals surface area contributed by atoms with Gasteiger partial charge in [-0.25, -0.2) is 0 Å². The van der Waals surface area contributed by atoms with Gasteiger partial charge in [0.15, 0.2) is 0 Å². The van der Waals surface area contributed by atoms with Gasteiger partial charge in [-0.05, 0) is 15.9 Å². The molecule has 12 heavy (non-hydrogen) atoms. The van der Waals surface area contributed by atoms with Crippen molar-refractivity contribution < 1.29 is 18.6 Å². The summed E-state index contributed by atoms with van der Waals surface area (Å²) in [5.74, 6) is 0. The number of nitrogens with one attached hydrogen (secondary N) is 1. The molecular formula is C6H12BrF2NO2. The van der Waals surface area contributed by atoms with Gasteiger partial charge in [0.2, 0.25) is 0 Å². The third-order valence-corrected chi connectivity index (χ3v) is 1.73. The van der Waals surface area contributed by atoms with Crippen molar-refractivity contribution in [1.82, 2.24) is 5.32 Å². The highest BCUT2D eigenvalue weighted by Gasteiger charge is 2.34. The molecule has 0 aliphatic heterocycles. The molecule has 6 heteroatoms. The van der Waals surface area contributed by atoms with Gasteiger partial charge in [-0.15, -0.1) is 0 Å². The van der Waals surface area contributed by atoms with Gasteiger partial charge in [-0.1, -0.05) is 0 Å². The third-order valence-electron chi connectivity index (χ3n) is 1.20. The Morgan fingerprint density at radius 1 is 1.67 bits per heavy atom. The largest absolute Gasteiger partial charge is 0.385 e. The number of halogens is 3. The van der Waals surface area contributed by atoms with E-state index in [2.05, 4.69) is 26.0 Å². The second-order valence-corrected chi connectivity index (χ2v) is 3.31. The van der Waals surface area contributed by atoms with Crippen molar-refractivity contribution in [1.29, 1.82) is 0 Å². The Morgan fingerprint density at radius 3 is 2.67 bits per heavy atom. The van der Waals surface area contributed by atoms with Crippen LogP contribution in [-0.4, -0.2) is 42.8 Å². The number of ether oxygens (including phenoxy) is 1. The highest BCUT2D eigenvalue weighted by Crippen LogP contribution is 2.25. The van der Waals surface area contributed by atoms with E-state index in [1.165, 1.54) is 7.11 Å². The zero-order valence-electron chi connectivity index (χ0n) is 6.69. The lowest BCUT2D eigenvalue weighted by Gasteiger charge is -2.16. The molecule has 0 aromatic carbocycles. The van der Waals surface area contributed by atoms with Crippen LogP contribution in [-0.2, 0) is 4.74 Å². The monoisotopic (exact) mass is 247 g/mol. The van der Waals surface area contributed by atoms with Crippen LogP contribution in [0, 0.1) is 0 Å². The van der Waals surface area contributed by atoms with Crippen LogP contribution in [0.3, 0.4) is 0 Å². The van der Waals surface area contributed by atoms with Gasteiger partial charge in [-0.3, -0.25) is 0 Å². The summed E-state index contributed by atoms with van der Waals surface area (Å²) in [6.07, 6.45) is -1.71. The van der Waals surface area contributed by atoms with Crippen LogP contribution < -0.4 is 5.32 Å². The maximum atomic E-state index is 12.2. The van der Waals surface area contributed by atoms with Crippen LogP contribution in [0.15, 0.2) is 0 Å². The van der Waals surface area contributed by atoms with Crippen molar-refractivity contribution in [2.75, 3.05) is 26.8 Å². The summed E-state index contributed by atoms with van der Waals surface area (Å²) in [6, 6.07) is 0. The van der Waals surface area contributed by atoms with E-state index in [-0.39, 0.29) is 6.54 Å². The van der Waals surface area contributed by atoms with Gasteiger partial charge < -0.3 is 15.2 Å². The summed E-state index contributed by atoms with van der Waals surface area (Å²) < 4.78 is 29.1. The molecule has 0 radical (unpaired) electrons. The highest BCUT2D eigenvalue weighted by molar-refractivity contribution is 9.10. The maximum Gasteiger partial charge on any atom is 0.327 e. The number of hydrogen-bond acceptors (Lipinski definition) is 3. The number of aliphatic hydroxyl groups is 1. The average Bonchev–Trinajstić information content (AvgIpc) is 1.96. The molecule has 3 nitrogen and oxygen atoms in total. The summed E-state index contributed by atoms with van der Waals surface area (Å²) in [7, 11) is 1.51. The summed E-state index contributed by atoms with van der Waals surface area (Å²) in [5.41, 5.74) is 0. The molecule has 74 valence electrons. The van der Waals surface area contributed by atoms with Gasteiger partial charge in [0, 0.05) is 20.2 Å². The molecular weight excluding hydrogens is 236 g/mol. The standard InChI is InChI=1S/C6H12BrF2NO2/c1-12-3-2-10-4-5(11)6(7,8)9/h5,10-11H,2-4H2,1H3. The third kappa shape index (κ3) is 5.82. The van der Waals surface area contributed by atoms with Crippen molar-refractivity contribution >= 4 is 15.9 Å². The topological polar surface area (TPSA) is 41.5 Å². The van der Waals surface area contributed by atoms with Crippen LogP contribution in [0.1, 0.15) is 0 Å². The number of hydrogen-bond donors (Lipinski definition) is 2. The van der Waals surface area contributed by atoms with Crippen LogP contribution in [0.2, 0.25) is 0 Å². The van der Waals surface area contributed by atoms with Gasteiger partial charge in [-0.2, -0.15) is 8.78 Å². The maximum absolute atomic E-state index is 12.2. The fraction of sp³-hybridized carbons (Fsp3) is 1.00. The van der Waals surface area contributed by atoms with Crippen LogP contribution in [0.5, 0.6) is 0 Å². The molecule has 0 aliphatic carbocycles. The lowest BCUT2D eigenvalue weighted by molar-refractivity contribution is -0.0267. The molecule has 1 unspecified atom stereocenters. The lowest BCUT2D eigenvalue weighted by Crippen LogP contribution is -2.38. The first kappa shape index (κ1) is 12.2. The van der Waals surface area contributed by atoms with E-state index >= 15 is 0 Å². The summed E-state index contributed by atoms with van der Waals surface area (Å²) in [5, 5.41) is 11.4. The molecule has 0 saturated carbocycles. The van der Waals surface area contributed by atoms with Gasteiger partial charge in [0.1, 0.15) is 6.10 Å². The lowest BCUT2D eigenvalue weighted by atomic mass is 10.3. The number of alkyl halides is 3. The molecule has 0 rings (SSSR count). The molecule has 0 aromatic heterocycles. The first-order chi connectivity index (χ1) is 5.48. The quantitative estimate of drug-likeness (QED) is 0.533. The van der Waals surface area contributed by atoms with Crippen LogP contribution in [0.25, 0.3) is 0 Å². The fourth-order valence-electron chi connectivity index (χ4n) is 0.529. The van der Waals surface area contributed by atoms with Gasteiger partial charge in [0.25, 0.3) is 0 Å². The minimum atomic E-state index is -3.23. The summed E-state index contributed by atoms with van der Waals surface area (Å²) in [6.45, 7) is 0.707. The summed E-state index contributed by atoms with van der Waals surface area (Å²) >= 11 is 2.06. The number of rotatable bonds is 6. The predicted molar refractivity (Wildman–Crippen MR) is 44.6 cm³/mol. The summed E-state index contributed by atoms with van der Waals surface area (Å²) in [4.78, 5) is -3.23. The molecule has 0 amide bonds. The van der Waals surface area contributed by atoms with Crippen molar-refractivity contribution in [2.24, 2.45) is 0 Å². The highest BCUT2D eigenvalue weighted by atomic mass is 79.9. The van der Waals surface area contributed by atoms with Crippen LogP contribution >= 0.6 is 15.9 Å². The molecule has 0 bridgehead atoms. The molecule has 0 spiro atoms. The van der Waals surface area contributed by atoms with Crippen molar-refractivity contribution in [3.05, 3.63) is 0 Å². The Balaban J connectivity index is 3.38. The van der Waals surface area contributed by atoms with E-state index in [9.17, 15) is 8.78 Å². The fourth-order valence-corrected chi connectivity index (χ4v) is 0.691. The first-order valence-corrected chi connectivity index (χ1v) is 4.22. The zero-order valence-corrected chi connectivity index (χ0v) is 8.27. The smallest absolute Gasteiger partial charge is 0.327 e. The van der Waals surface area contributed by atoms with Crippen molar-refractivity contribution in [3.8, 4) is 0 Å². The number of methoxy groups -OCH3 is 1. The van der Waals surface area contributed by atoms with Crippen LogP contribution in [0.4, 0.5) is 8.78 Å². The van der Waals surface area contributed by atoms with E-state index in [0.717, 1.165) is 0 Å². The molecule has 0 fully saturated rings. The SMILES string of the molecule is COCCNCC(O)C(F)(F)Br. The Kier molecular flexibility index (Phi) is 5.90. The molecule has 0 heterocycles. The second kappa shape index (κ2) is 5.80. The first-order valence-electron chi connectivity index (χ1n) is 3.43. The van der Waals surface area contributed by atoms with E-state index in [0.29, 0.717) is 13.2 Å². The molecule has 0 aromatic rings. The second-order valence-electron chi connectivity index (χ2n) is 2.25. The normalized spacial score (nSPS) is 14.8. The molecule has 1 atom stereocenters. The Morgan fingerprint density at radius 2 is 2.25 bits per heavy atom. The Bertz CT molecular complexity index is 121. The van der Waals surface area contributed by atoms with Gasteiger partial charge >= 0.3 is 4.83 Å². The van der Waals surface area contributed by atoms with Gasteiger partial charge in [0.05, 0.1) is 6.61 Å². The molecule has 2 N–H and O–H groups in total.